The first-order chi connectivity index (χ1) is 11.8. The Morgan fingerprint density at radius 2 is 2.08 bits per heavy atom. The largest absolute Gasteiger partial charge is 0.386 e. The molecule has 3 rings (SSSR count). The molecule has 0 unspecified atom stereocenters. The third-order valence-corrected chi connectivity index (χ3v) is 5.18. The van der Waals surface area contributed by atoms with Gasteiger partial charge in [-0.3, -0.25) is 9.78 Å². The standard InChI is InChI=1S/C17H24F2N4O2/c1-22(15(24)13-2-4-17(18,19)5-3-13)11-16(25)6-9-23(12-16)14-10-20-7-8-21-14/h7-8,10,13,25H,2-6,9,11-12H2,1H3/t16-/m1/s1. The van der Waals surface area contributed by atoms with Gasteiger partial charge >= 0.3 is 0 Å². The van der Waals surface area contributed by atoms with Crippen LogP contribution in [0.4, 0.5) is 14.6 Å². The Kier molecular flexibility index (Phi) is 4.90. The Bertz CT molecular complexity index is 606. The van der Waals surface area contributed by atoms with Gasteiger partial charge in [0.1, 0.15) is 11.4 Å². The first-order valence-electron chi connectivity index (χ1n) is 8.64. The van der Waals surface area contributed by atoms with Crippen LogP contribution in [-0.2, 0) is 4.79 Å². The zero-order chi connectivity index (χ0) is 18.1. The molecule has 2 aliphatic rings. The summed E-state index contributed by atoms with van der Waals surface area (Å²) in [6.45, 7) is 1.19. The molecule has 8 heteroatoms. The maximum atomic E-state index is 13.3. The molecule has 1 saturated carbocycles. The molecule has 0 spiro atoms. The van der Waals surface area contributed by atoms with E-state index >= 15 is 0 Å². The number of halogens is 2. The quantitative estimate of drug-likeness (QED) is 0.891. The fraction of sp³-hybridized carbons (Fsp3) is 0.706. The van der Waals surface area contributed by atoms with Gasteiger partial charge in [-0.1, -0.05) is 0 Å². The second-order valence-corrected chi connectivity index (χ2v) is 7.28. The summed E-state index contributed by atoms with van der Waals surface area (Å²) in [5.41, 5.74) is -1.03. The summed E-state index contributed by atoms with van der Waals surface area (Å²) < 4.78 is 26.5. The van der Waals surface area contributed by atoms with Crippen LogP contribution in [0.2, 0.25) is 0 Å². The van der Waals surface area contributed by atoms with Crippen LogP contribution in [-0.4, -0.2) is 64.1 Å². The topological polar surface area (TPSA) is 69.6 Å². The number of carbonyl (C=O) groups is 1. The van der Waals surface area contributed by atoms with Crippen molar-refractivity contribution in [2.45, 2.75) is 43.6 Å². The van der Waals surface area contributed by atoms with Gasteiger partial charge < -0.3 is 14.9 Å². The number of hydrogen-bond acceptors (Lipinski definition) is 5. The number of anilines is 1. The van der Waals surface area contributed by atoms with E-state index in [-0.39, 0.29) is 44.1 Å². The van der Waals surface area contributed by atoms with Crippen molar-refractivity contribution in [2.24, 2.45) is 5.92 Å². The molecule has 0 aromatic carbocycles. The molecule has 1 aromatic heterocycles. The highest BCUT2D eigenvalue weighted by Gasteiger charge is 2.41. The summed E-state index contributed by atoms with van der Waals surface area (Å²) >= 11 is 0. The predicted molar refractivity (Wildman–Crippen MR) is 88.4 cm³/mol. The van der Waals surface area contributed by atoms with E-state index in [1.807, 2.05) is 4.90 Å². The lowest BCUT2D eigenvalue weighted by Gasteiger charge is -2.33. The number of aliphatic hydroxyl groups is 1. The summed E-state index contributed by atoms with van der Waals surface area (Å²) in [5, 5.41) is 10.8. The number of hydrogen-bond donors (Lipinski definition) is 1. The van der Waals surface area contributed by atoms with Crippen LogP contribution < -0.4 is 4.90 Å². The second-order valence-electron chi connectivity index (χ2n) is 7.28. The molecule has 6 nitrogen and oxygen atoms in total. The Labute approximate surface area is 145 Å². The summed E-state index contributed by atoms with van der Waals surface area (Å²) in [4.78, 5) is 24.2. The van der Waals surface area contributed by atoms with Crippen molar-refractivity contribution < 1.29 is 18.7 Å². The van der Waals surface area contributed by atoms with E-state index in [1.54, 1.807) is 25.6 Å². The average Bonchev–Trinajstić information content (AvgIpc) is 2.97. The zero-order valence-corrected chi connectivity index (χ0v) is 14.4. The first kappa shape index (κ1) is 18.0. The van der Waals surface area contributed by atoms with Gasteiger partial charge in [0.15, 0.2) is 0 Å². The fourth-order valence-corrected chi connectivity index (χ4v) is 3.75. The molecule has 1 N–H and O–H groups in total. The molecule has 0 bridgehead atoms. The van der Waals surface area contributed by atoms with Gasteiger partial charge in [-0.15, -0.1) is 0 Å². The maximum absolute atomic E-state index is 13.3. The van der Waals surface area contributed by atoms with Crippen molar-refractivity contribution in [3.63, 3.8) is 0 Å². The lowest BCUT2D eigenvalue weighted by Crippen LogP contribution is -2.48. The van der Waals surface area contributed by atoms with Crippen molar-refractivity contribution in [1.29, 1.82) is 0 Å². The predicted octanol–water partition coefficient (Wildman–Crippen LogP) is 1.70. The number of aromatic nitrogens is 2. The van der Waals surface area contributed by atoms with E-state index in [9.17, 15) is 18.7 Å². The number of carbonyl (C=O) groups excluding carboxylic acids is 1. The van der Waals surface area contributed by atoms with Gasteiger partial charge in [0.05, 0.1) is 12.7 Å². The van der Waals surface area contributed by atoms with Crippen molar-refractivity contribution in [3.05, 3.63) is 18.6 Å². The molecule has 1 saturated heterocycles. The Morgan fingerprint density at radius 3 is 2.72 bits per heavy atom. The third kappa shape index (κ3) is 4.23. The number of likely N-dealkylation sites (N-methyl/N-ethyl adjacent to an activating group) is 1. The summed E-state index contributed by atoms with van der Waals surface area (Å²) in [6, 6.07) is 0. The number of β-amino-alcohol motifs (C(OH)–C–C–N with tert-alkyl or cyclic N) is 1. The zero-order valence-electron chi connectivity index (χ0n) is 14.4. The van der Waals surface area contributed by atoms with Gasteiger partial charge in [-0.05, 0) is 19.3 Å². The summed E-state index contributed by atoms with van der Waals surface area (Å²) in [5.74, 6) is -2.47. The van der Waals surface area contributed by atoms with Gasteiger partial charge in [-0.25, -0.2) is 13.8 Å². The van der Waals surface area contributed by atoms with Gasteiger partial charge in [0.2, 0.25) is 11.8 Å². The molecule has 1 aliphatic heterocycles. The SMILES string of the molecule is CN(C[C@]1(O)CCN(c2cnccn2)C1)C(=O)C1CCC(F)(F)CC1. The van der Waals surface area contributed by atoms with E-state index in [1.165, 1.54) is 4.90 Å². The van der Waals surface area contributed by atoms with Crippen LogP contribution in [0, 0.1) is 5.92 Å². The highest BCUT2D eigenvalue weighted by Crippen LogP contribution is 2.37. The lowest BCUT2D eigenvalue weighted by atomic mass is 9.85. The molecule has 1 aliphatic carbocycles. The minimum atomic E-state index is -2.64. The Balaban J connectivity index is 1.55. The second kappa shape index (κ2) is 6.82. The van der Waals surface area contributed by atoms with Crippen molar-refractivity contribution in [1.82, 2.24) is 14.9 Å². The third-order valence-electron chi connectivity index (χ3n) is 5.18. The van der Waals surface area contributed by atoms with E-state index in [4.69, 9.17) is 0 Å². The van der Waals surface area contributed by atoms with Crippen LogP contribution in [0.3, 0.4) is 0 Å². The molecule has 1 atom stereocenters. The molecular formula is C17H24F2N4O2. The van der Waals surface area contributed by atoms with Crippen LogP contribution in [0.5, 0.6) is 0 Å². The van der Waals surface area contributed by atoms with E-state index in [0.717, 1.165) is 0 Å². The van der Waals surface area contributed by atoms with Crippen molar-refractivity contribution in [2.75, 3.05) is 31.6 Å². The first-order valence-corrected chi connectivity index (χ1v) is 8.64. The maximum Gasteiger partial charge on any atom is 0.248 e. The summed E-state index contributed by atoms with van der Waals surface area (Å²) in [6.07, 6.45) is 5.30. The highest BCUT2D eigenvalue weighted by molar-refractivity contribution is 5.78. The van der Waals surface area contributed by atoms with Crippen molar-refractivity contribution >= 4 is 11.7 Å². The summed E-state index contributed by atoms with van der Waals surface area (Å²) in [7, 11) is 1.64. The Hall–Kier alpha value is -1.83. The van der Waals surface area contributed by atoms with Gasteiger partial charge in [0, 0.05) is 51.3 Å². The average molecular weight is 354 g/mol. The number of nitrogens with zero attached hydrogens (tertiary/aromatic N) is 4. The molecule has 0 radical (unpaired) electrons. The van der Waals surface area contributed by atoms with Crippen molar-refractivity contribution in [3.8, 4) is 0 Å². The van der Waals surface area contributed by atoms with E-state index in [0.29, 0.717) is 25.3 Å². The number of amides is 1. The Morgan fingerprint density at radius 1 is 1.36 bits per heavy atom. The fourth-order valence-electron chi connectivity index (χ4n) is 3.75. The molecule has 1 aromatic rings. The molecule has 138 valence electrons. The lowest BCUT2D eigenvalue weighted by molar-refractivity contribution is -0.141. The van der Waals surface area contributed by atoms with Crippen LogP contribution >= 0.6 is 0 Å². The number of rotatable bonds is 4. The van der Waals surface area contributed by atoms with E-state index in [2.05, 4.69) is 9.97 Å². The minimum Gasteiger partial charge on any atom is -0.386 e. The molecule has 1 amide bonds. The van der Waals surface area contributed by atoms with E-state index < -0.39 is 11.5 Å². The normalized spacial score (nSPS) is 26.6. The molecule has 25 heavy (non-hydrogen) atoms. The molecule has 2 heterocycles. The van der Waals surface area contributed by atoms with Crippen LogP contribution in [0.1, 0.15) is 32.1 Å². The van der Waals surface area contributed by atoms with Crippen LogP contribution in [0.15, 0.2) is 18.6 Å². The smallest absolute Gasteiger partial charge is 0.248 e. The van der Waals surface area contributed by atoms with Crippen LogP contribution in [0.25, 0.3) is 0 Å². The minimum absolute atomic E-state index is 0.151. The monoisotopic (exact) mass is 354 g/mol. The number of alkyl halides is 2. The van der Waals surface area contributed by atoms with Gasteiger partial charge in [0.25, 0.3) is 0 Å². The highest BCUT2D eigenvalue weighted by atomic mass is 19.3. The molecule has 2 fully saturated rings. The molecular weight excluding hydrogens is 330 g/mol. The van der Waals surface area contributed by atoms with Gasteiger partial charge in [-0.2, -0.15) is 0 Å².